The van der Waals surface area contributed by atoms with E-state index in [2.05, 4.69) is 89.6 Å². The van der Waals surface area contributed by atoms with Gasteiger partial charge in [-0.05, 0) is 64.9 Å². The van der Waals surface area contributed by atoms with Gasteiger partial charge in [0.05, 0.1) is 12.0 Å². The highest BCUT2D eigenvalue weighted by molar-refractivity contribution is 6.14. The second kappa shape index (κ2) is 12.5. The smallest absolute Gasteiger partial charge is 0.253 e. The number of hydrogen-bond donors (Lipinski definition) is 0. The maximum absolute atomic E-state index is 13.7. The van der Waals surface area contributed by atoms with Gasteiger partial charge in [-0.1, -0.05) is 115 Å². The second-order valence-electron chi connectivity index (χ2n) is 12.1. The van der Waals surface area contributed by atoms with E-state index in [1.54, 1.807) is 31.1 Å². The molecule has 230 valence electrons. The Balaban J connectivity index is 1.31. The molecule has 47 heavy (non-hydrogen) atoms. The van der Waals surface area contributed by atoms with Gasteiger partial charge in [-0.15, -0.1) is 0 Å². The summed E-state index contributed by atoms with van der Waals surface area (Å²) in [6.07, 6.45) is 7.35. The van der Waals surface area contributed by atoms with Gasteiger partial charge in [-0.2, -0.15) is 0 Å². The molecule has 1 aromatic heterocycles. The predicted octanol–water partition coefficient (Wildman–Crippen LogP) is 8.30. The summed E-state index contributed by atoms with van der Waals surface area (Å²) in [5.74, 6) is -0.0579. The molecular weight excluding hydrogens is 578 g/mol. The molecule has 1 aliphatic rings. The minimum absolute atomic E-state index is 0.00619. The third-order valence-electron chi connectivity index (χ3n) is 9.07. The minimum atomic E-state index is -0.668. The minimum Gasteiger partial charge on any atom is -0.345 e. The number of hydrogen-bond acceptors (Lipinski definition) is 3. The molecule has 1 aliphatic carbocycles. The quantitative estimate of drug-likeness (QED) is 0.134. The largest absolute Gasteiger partial charge is 0.345 e. The zero-order valence-electron chi connectivity index (χ0n) is 26.5. The van der Waals surface area contributed by atoms with Gasteiger partial charge in [0.25, 0.3) is 5.91 Å². The van der Waals surface area contributed by atoms with Crippen molar-refractivity contribution in [1.82, 2.24) is 14.5 Å². The number of Topliss-reactive ketones (excluding diaryl/α,β-unsaturated/α-hetero) is 1. The van der Waals surface area contributed by atoms with Crippen LogP contribution in [0.5, 0.6) is 0 Å². The Kier molecular flexibility index (Phi) is 7.96. The van der Waals surface area contributed by atoms with Gasteiger partial charge in [-0.3, -0.25) is 9.59 Å². The standard InChI is InChI=1S/C42H35N3O2/c1-44(2)41(47)33-24-25-38-31(27-33)22-23-32(40(38)46)26-30-14-12-13-21-37(30)39-28-45(29-43-39)42(34-15-6-3-7-16-34,35-17-8-4-9-18-35)36-19-10-5-11-20-36/h3-21,24-29H,22-23H2,1-2H3/b32-26+. The molecular formula is C42H35N3O2. The number of aromatic nitrogens is 2. The number of ketones is 1. The number of carbonyl (C=O) groups is 2. The van der Waals surface area contributed by atoms with Crippen molar-refractivity contribution in [3.63, 3.8) is 0 Å². The number of nitrogens with zero attached hydrogens (tertiary/aromatic N) is 3. The Bertz CT molecular complexity index is 2000. The van der Waals surface area contributed by atoms with Gasteiger partial charge in [0.2, 0.25) is 0 Å². The van der Waals surface area contributed by atoms with Crippen LogP contribution in [-0.4, -0.2) is 40.2 Å². The van der Waals surface area contributed by atoms with Gasteiger partial charge < -0.3 is 9.47 Å². The molecule has 0 saturated heterocycles. The normalized spacial score (nSPS) is 13.7. The first-order chi connectivity index (χ1) is 23.0. The molecule has 0 radical (unpaired) electrons. The van der Waals surface area contributed by atoms with E-state index in [0.717, 1.165) is 44.6 Å². The van der Waals surface area contributed by atoms with Crippen LogP contribution >= 0.6 is 0 Å². The molecule has 6 aromatic rings. The fourth-order valence-corrected chi connectivity index (χ4v) is 6.78. The van der Waals surface area contributed by atoms with Crippen molar-refractivity contribution in [3.05, 3.63) is 191 Å². The van der Waals surface area contributed by atoms with Crippen molar-refractivity contribution in [2.45, 2.75) is 18.4 Å². The summed E-state index contributed by atoms with van der Waals surface area (Å²) in [6, 6.07) is 45.2. The van der Waals surface area contributed by atoms with E-state index in [-0.39, 0.29) is 11.7 Å². The molecule has 0 unspecified atom stereocenters. The zero-order valence-corrected chi connectivity index (χ0v) is 26.5. The number of aryl methyl sites for hydroxylation is 1. The molecule has 7 rings (SSSR count). The van der Waals surface area contributed by atoms with Crippen LogP contribution in [0.4, 0.5) is 0 Å². The van der Waals surface area contributed by atoms with Gasteiger partial charge in [0.15, 0.2) is 5.78 Å². The van der Waals surface area contributed by atoms with Crippen LogP contribution in [0.1, 0.15) is 55.0 Å². The van der Waals surface area contributed by atoms with Gasteiger partial charge in [0.1, 0.15) is 5.54 Å². The van der Waals surface area contributed by atoms with Crippen molar-refractivity contribution < 1.29 is 9.59 Å². The van der Waals surface area contributed by atoms with Crippen LogP contribution in [0.25, 0.3) is 17.3 Å². The monoisotopic (exact) mass is 613 g/mol. The van der Waals surface area contributed by atoms with E-state index in [4.69, 9.17) is 4.98 Å². The first-order valence-electron chi connectivity index (χ1n) is 15.9. The van der Waals surface area contributed by atoms with E-state index in [1.165, 1.54) is 0 Å². The molecule has 0 spiro atoms. The third-order valence-corrected chi connectivity index (χ3v) is 9.07. The molecule has 1 amide bonds. The van der Waals surface area contributed by atoms with Gasteiger partial charge in [-0.25, -0.2) is 4.98 Å². The molecule has 0 aliphatic heterocycles. The lowest BCUT2D eigenvalue weighted by Crippen LogP contribution is -2.36. The van der Waals surface area contributed by atoms with Crippen LogP contribution in [0, 0.1) is 0 Å². The van der Waals surface area contributed by atoms with Crippen molar-refractivity contribution in [2.24, 2.45) is 0 Å². The predicted molar refractivity (Wildman–Crippen MR) is 187 cm³/mol. The van der Waals surface area contributed by atoms with E-state index < -0.39 is 5.54 Å². The average molecular weight is 614 g/mol. The lowest BCUT2D eigenvalue weighted by Gasteiger charge is -2.37. The molecule has 1 heterocycles. The van der Waals surface area contributed by atoms with Crippen molar-refractivity contribution >= 4 is 17.8 Å². The Labute approximate surface area is 275 Å². The number of fused-ring (bicyclic) bond motifs is 1. The van der Waals surface area contributed by atoms with Crippen LogP contribution in [0.2, 0.25) is 0 Å². The Morgan fingerprint density at radius 2 is 1.30 bits per heavy atom. The SMILES string of the molecule is CN(C)C(=O)c1ccc2c(c1)CC/C(=C\c1ccccc1-c1cn(C(c3ccccc3)(c3ccccc3)c3ccccc3)cn1)C2=O. The number of carbonyl (C=O) groups excluding carboxylic acids is 2. The summed E-state index contributed by atoms with van der Waals surface area (Å²) in [5, 5.41) is 0. The van der Waals surface area contributed by atoms with Crippen LogP contribution in [0.3, 0.4) is 0 Å². The summed E-state index contributed by atoms with van der Waals surface area (Å²) in [4.78, 5) is 32.8. The highest BCUT2D eigenvalue weighted by Gasteiger charge is 2.38. The molecule has 5 heteroatoms. The molecule has 5 aromatic carbocycles. The van der Waals surface area contributed by atoms with Crippen LogP contribution < -0.4 is 0 Å². The number of allylic oxidation sites excluding steroid dienone is 1. The van der Waals surface area contributed by atoms with Crippen molar-refractivity contribution in [1.29, 1.82) is 0 Å². The van der Waals surface area contributed by atoms with E-state index >= 15 is 0 Å². The Hall–Kier alpha value is -5.81. The third kappa shape index (κ3) is 5.40. The summed E-state index contributed by atoms with van der Waals surface area (Å²) < 4.78 is 2.21. The second-order valence-corrected chi connectivity index (χ2v) is 12.1. The van der Waals surface area contributed by atoms with Crippen LogP contribution in [-0.2, 0) is 12.0 Å². The summed E-state index contributed by atoms with van der Waals surface area (Å²) in [6.45, 7) is 0. The van der Waals surface area contributed by atoms with E-state index in [0.29, 0.717) is 24.0 Å². The first-order valence-corrected chi connectivity index (χ1v) is 15.9. The fraction of sp³-hybridized carbons (Fsp3) is 0.119. The average Bonchev–Trinajstić information content (AvgIpc) is 3.61. The summed E-state index contributed by atoms with van der Waals surface area (Å²) in [7, 11) is 3.47. The summed E-state index contributed by atoms with van der Waals surface area (Å²) >= 11 is 0. The Morgan fingerprint density at radius 1 is 0.723 bits per heavy atom. The number of amides is 1. The molecule has 0 fully saturated rings. The molecule has 5 nitrogen and oxygen atoms in total. The Morgan fingerprint density at radius 3 is 1.89 bits per heavy atom. The van der Waals surface area contributed by atoms with Crippen LogP contribution in [0.15, 0.2) is 152 Å². The highest BCUT2D eigenvalue weighted by Crippen LogP contribution is 2.42. The lowest BCUT2D eigenvalue weighted by molar-refractivity contribution is 0.0826. The highest BCUT2D eigenvalue weighted by atomic mass is 16.2. The van der Waals surface area contributed by atoms with Gasteiger partial charge in [0, 0.05) is 42.6 Å². The number of rotatable bonds is 7. The van der Waals surface area contributed by atoms with E-state index in [9.17, 15) is 9.59 Å². The maximum atomic E-state index is 13.7. The topological polar surface area (TPSA) is 55.2 Å². The van der Waals surface area contributed by atoms with Crippen molar-refractivity contribution in [3.8, 4) is 11.3 Å². The zero-order chi connectivity index (χ0) is 32.4. The molecule has 0 atom stereocenters. The van der Waals surface area contributed by atoms with E-state index in [1.807, 2.05) is 54.9 Å². The van der Waals surface area contributed by atoms with Crippen molar-refractivity contribution in [2.75, 3.05) is 14.1 Å². The molecule has 0 N–H and O–H groups in total. The molecule has 0 saturated carbocycles. The number of imidazole rings is 1. The molecule has 0 bridgehead atoms. The summed E-state index contributed by atoms with van der Waals surface area (Å²) in [5.41, 5.74) is 8.36. The number of benzene rings is 5. The van der Waals surface area contributed by atoms with Gasteiger partial charge >= 0.3 is 0 Å². The lowest BCUT2D eigenvalue weighted by atomic mass is 9.77. The maximum Gasteiger partial charge on any atom is 0.253 e. The first kappa shape index (κ1) is 29.9. The fourth-order valence-electron chi connectivity index (χ4n) is 6.78.